The molecule has 0 saturated heterocycles. The van der Waals surface area contributed by atoms with E-state index in [1.165, 1.54) is 0 Å². The van der Waals surface area contributed by atoms with Gasteiger partial charge in [0.25, 0.3) is 0 Å². The molecule has 1 aromatic carbocycles. The van der Waals surface area contributed by atoms with Crippen LogP contribution in [0.25, 0.3) is 0 Å². The van der Waals surface area contributed by atoms with Gasteiger partial charge in [0.1, 0.15) is 17.1 Å². The first-order chi connectivity index (χ1) is 7.46. The lowest BCUT2D eigenvalue weighted by Crippen LogP contribution is -2.31. The number of methoxy groups -OCH3 is 2. The van der Waals surface area contributed by atoms with Gasteiger partial charge in [0.2, 0.25) is 0 Å². The van der Waals surface area contributed by atoms with E-state index in [2.05, 4.69) is 0 Å². The minimum absolute atomic E-state index is 0.121. The highest BCUT2D eigenvalue weighted by Crippen LogP contribution is 2.34. The lowest BCUT2D eigenvalue weighted by atomic mass is 9.93. The van der Waals surface area contributed by atoms with Crippen LogP contribution in [0.1, 0.15) is 18.1 Å². The van der Waals surface area contributed by atoms with Crippen LogP contribution in [-0.4, -0.2) is 25.9 Å². The third kappa shape index (κ3) is 2.28. The number of hydrogen-bond acceptors (Lipinski definition) is 4. The SMILES string of the molecule is COc1cc(C(C)(O)CN)c(OC)cc1C. The predicted octanol–water partition coefficient (Wildman–Crippen LogP) is 1.18. The van der Waals surface area contributed by atoms with Gasteiger partial charge in [-0.15, -0.1) is 0 Å². The highest BCUT2D eigenvalue weighted by Gasteiger charge is 2.26. The molecule has 1 atom stereocenters. The Balaban J connectivity index is 3.36. The van der Waals surface area contributed by atoms with Crippen molar-refractivity contribution in [3.63, 3.8) is 0 Å². The predicted molar refractivity (Wildman–Crippen MR) is 62.9 cm³/mol. The van der Waals surface area contributed by atoms with Crippen molar-refractivity contribution in [2.24, 2.45) is 5.73 Å². The van der Waals surface area contributed by atoms with E-state index in [1.54, 1.807) is 27.2 Å². The van der Waals surface area contributed by atoms with E-state index in [0.717, 1.165) is 5.56 Å². The molecule has 0 aromatic heterocycles. The van der Waals surface area contributed by atoms with Crippen LogP contribution in [0.2, 0.25) is 0 Å². The molecular formula is C12H19NO3. The van der Waals surface area contributed by atoms with Gasteiger partial charge in [0.05, 0.1) is 14.2 Å². The van der Waals surface area contributed by atoms with Crippen LogP contribution in [0.3, 0.4) is 0 Å². The molecule has 1 aromatic rings. The van der Waals surface area contributed by atoms with Gasteiger partial charge in [-0.05, 0) is 31.5 Å². The number of aliphatic hydroxyl groups is 1. The minimum Gasteiger partial charge on any atom is -0.496 e. The van der Waals surface area contributed by atoms with E-state index in [0.29, 0.717) is 17.1 Å². The standard InChI is InChI=1S/C12H19NO3/c1-8-5-11(16-4)9(6-10(8)15-3)12(2,14)7-13/h5-6,14H,7,13H2,1-4H3. The van der Waals surface area contributed by atoms with Crippen LogP contribution >= 0.6 is 0 Å². The number of nitrogens with two attached hydrogens (primary N) is 1. The second-order valence-corrected chi connectivity index (χ2v) is 4.00. The molecule has 0 amide bonds. The van der Waals surface area contributed by atoms with Crippen molar-refractivity contribution < 1.29 is 14.6 Å². The summed E-state index contributed by atoms with van der Waals surface area (Å²) >= 11 is 0. The Morgan fingerprint density at radius 1 is 1.25 bits per heavy atom. The Hall–Kier alpha value is -1.26. The summed E-state index contributed by atoms with van der Waals surface area (Å²) in [5.41, 5.74) is 6.02. The van der Waals surface area contributed by atoms with Crippen molar-refractivity contribution in [1.29, 1.82) is 0 Å². The molecule has 0 fully saturated rings. The Kier molecular flexibility index (Phi) is 3.78. The molecular weight excluding hydrogens is 206 g/mol. The largest absolute Gasteiger partial charge is 0.496 e. The molecule has 0 radical (unpaired) electrons. The number of hydrogen-bond donors (Lipinski definition) is 2. The zero-order valence-corrected chi connectivity index (χ0v) is 10.2. The van der Waals surface area contributed by atoms with Crippen molar-refractivity contribution in [2.45, 2.75) is 19.4 Å². The van der Waals surface area contributed by atoms with E-state index < -0.39 is 5.60 Å². The fourth-order valence-corrected chi connectivity index (χ4v) is 1.58. The van der Waals surface area contributed by atoms with Crippen molar-refractivity contribution >= 4 is 0 Å². The third-order valence-corrected chi connectivity index (χ3v) is 2.69. The topological polar surface area (TPSA) is 64.7 Å². The fourth-order valence-electron chi connectivity index (χ4n) is 1.58. The molecule has 0 bridgehead atoms. The second-order valence-electron chi connectivity index (χ2n) is 4.00. The Bertz CT molecular complexity index is 375. The number of rotatable bonds is 4. The maximum atomic E-state index is 10.2. The molecule has 0 heterocycles. The second kappa shape index (κ2) is 4.72. The average molecular weight is 225 g/mol. The Labute approximate surface area is 96.0 Å². The molecule has 0 saturated carbocycles. The van der Waals surface area contributed by atoms with Gasteiger partial charge >= 0.3 is 0 Å². The van der Waals surface area contributed by atoms with Crippen LogP contribution in [0.4, 0.5) is 0 Å². The normalized spacial score (nSPS) is 14.4. The molecule has 0 spiro atoms. The van der Waals surface area contributed by atoms with Gasteiger partial charge in [0.15, 0.2) is 0 Å². The molecule has 1 rings (SSSR count). The van der Waals surface area contributed by atoms with E-state index >= 15 is 0 Å². The first kappa shape index (κ1) is 12.8. The van der Waals surface area contributed by atoms with E-state index in [1.807, 2.05) is 13.0 Å². The van der Waals surface area contributed by atoms with Gasteiger partial charge in [-0.3, -0.25) is 0 Å². The molecule has 90 valence electrons. The maximum Gasteiger partial charge on any atom is 0.125 e. The molecule has 0 aliphatic rings. The monoisotopic (exact) mass is 225 g/mol. The number of aryl methyl sites for hydroxylation is 1. The van der Waals surface area contributed by atoms with Crippen LogP contribution in [0, 0.1) is 6.92 Å². The van der Waals surface area contributed by atoms with Gasteiger partial charge < -0.3 is 20.3 Å². The van der Waals surface area contributed by atoms with Gasteiger partial charge in [-0.25, -0.2) is 0 Å². The van der Waals surface area contributed by atoms with Crippen LogP contribution < -0.4 is 15.2 Å². The zero-order valence-electron chi connectivity index (χ0n) is 10.2. The van der Waals surface area contributed by atoms with Gasteiger partial charge in [-0.2, -0.15) is 0 Å². The molecule has 0 aliphatic heterocycles. The summed E-state index contributed by atoms with van der Waals surface area (Å²) in [6, 6.07) is 3.60. The first-order valence-corrected chi connectivity index (χ1v) is 5.11. The van der Waals surface area contributed by atoms with Crippen LogP contribution in [-0.2, 0) is 5.60 Å². The van der Waals surface area contributed by atoms with E-state index in [4.69, 9.17) is 15.2 Å². The number of benzene rings is 1. The molecule has 16 heavy (non-hydrogen) atoms. The molecule has 3 N–H and O–H groups in total. The molecule has 0 aliphatic carbocycles. The van der Waals surface area contributed by atoms with Crippen LogP contribution in [0.5, 0.6) is 11.5 Å². The first-order valence-electron chi connectivity index (χ1n) is 5.11. The zero-order chi connectivity index (χ0) is 12.3. The Morgan fingerprint density at radius 2 is 1.81 bits per heavy atom. The van der Waals surface area contributed by atoms with Crippen LogP contribution in [0.15, 0.2) is 12.1 Å². The summed E-state index contributed by atoms with van der Waals surface area (Å²) in [5.74, 6) is 1.33. The molecule has 4 heteroatoms. The molecule has 1 unspecified atom stereocenters. The van der Waals surface area contributed by atoms with Crippen molar-refractivity contribution in [2.75, 3.05) is 20.8 Å². The Morgan fingerprint density at radius 3 is 2.25 bits per heavy atom. The summed E-state index contributed by atoms with van der Waals surface area (Å²) in [4.78, 5) is 0. The lowest BCUT2D eigenvalue weighted by Gasteiger charge is -2.25. The summed E-state index contributed by atoms with van der Waals surface area (Å²) in [6.07, 6.45) is 0. The lowest BCUT2D eigenvalue weighted by molar-refractivity contribution is 0.0638. The van der Waals surface area contributed by atoms with Gasteiger partial charge in [-0.1, -0.05) is 0 Å². The highest BCUT2D eigenvalue weighted by molar-refractivity contribution is 5.48. The van der Waals surface area contributed by atoms with Crippen molar-refractivity contribution in [3.05, 3.63) is 23.3 Å². The third-order valence-electron chi connectivity index (χ3n) is 2.69. The highest BCUT2D eigenvalue weighted by atomic mass is 16.5. The summed E-state index contributed by atoms with van der Waals surface area (Å²) in [7, 11) is 3.16. The van der Waals surface area contributed by atoms with E-state index in [-0.39, 0.29) is 6.54 Å². The summed E-state index contributed by atoms with van der Waals surface area (Å²) in [6.45, 7) is 3.69. The smallest absolute Gasteiger partial charge is 0.125 e. The van der Waals surface area contributed by atoms with Crippen molar-refractivity contribution in [1.82, 2.24) is 0 Å². The minimum atomic E-state index is -1.12. The quantitative estimate of drug-likeness (QED) is 0.807. The summed E-state index contributed by atoms with van der Waals surface area (Å²) < 4.78 is 10.5. The van der Waals surface area contributed by atoms with Crippen molar-refractivity contribution in [3.8, 4) is 11.5 Å². The van der Waals surface area contributed by atoms with Gasteiger partial charge in [0, 0.05) is 12.1 Å². The summed E-state index contributed by atoms with van der Waals surface area (Å²) in [5, 5.41) is 10.2. The maximum absolute atomic E-state index is 10.2. The number of ether oxygens (including phenoxy) is 2. The van der Waals surface area contributed by atoms with E-state index in [9.17, 15) is 5.11 Å². The average Bonchev–Trinajstić information content (AvgIpc) is 2.28. The fraction of sp³-hybridized carbons (Fsp3) is 0.500. The molecule has 4 nitrogen and oxygen atoms in total.